The third-order valence-corrected chi connectivity index (χ3v) is 1.70. The Morgan fingerprint density at radius 2 is 2.33 bits per heavy atom. The van der Waals surface area contributed by atoms with E-state index in [0.29, 0.717) is 22.9 Å². The van der Waals surface area contributed by atoms with E-state index >= 15 is 0 Å². The highest BCUT2D eigenvalue weighted by Gasteiger charge is 2.00. The smallest absolute Gasteiger partial charge is 0.120 e. The van der Waals surface area contributed by atoms with Gasteiger partial charge in [0.2, 0.25) is 0 Å². The Balaban J connectivity index is 2.99. The van der Waals surface area contributed by atoms with Crippen LogP contribution in [0.4, 0.5) is 0 Å². The van der Waals surface area contributed by atoms with Gasteiger partial charge in [-0.3, -0.25) is 0 Å². The van der Waals surface area contributed by atoms with E-state index in [1.165, 1.54) is 0 Å². The van der Waals surface area contributed by atoms with Crippen molar-refractivity contribution in [2.75, 3.05) is 6.61 Å². The Morgan fingerprint density at radius 1 is 1.58 bits per heavy atom. The summed E-state index contributed by atoms with van der Waals surface area (Å²) >= 11 is 5.72. The monoisotopic (exact) mass is 181 g/mol. The molecule has 0 saturated carbocycles. The van der Waals surface area contributed by atoms with Crippen molar-refractivity contribution in [3.05, 3.63) is 28.8 Å². The molecule has 0 spiro atoms. The minimum absolute atomic E-state index is 0.447. The van der Waals surface area contributed by atoms with Crippen LogP contribution in [-0.2, 0) is 0 Å². The maximum Gasteiger partial charge on any atom is 0.120 e. The highest BCUT2D eigenvalue weighted by Crippen LogP contribution is 2.20. The number of hydrogen-bond acceptors (Lipinski definition) is 2. The molecular weight excluding hydrogens is 174 g/mol. The molecule has 1 aromatic rings. The number of nitriles is 1. The molecule has 0 unspecified atom stereocenters. The molecule has 0 atom stereocenters. The van der Waals surface area contributed by atoms with Gasteiger partial charge in [0, 0.05) is 0 Å². The Kier molecular flexibility index (Phi) is 2.95. The molecule has 0 bridgehead atoms. The third kappa shape index (κ3) is 1.90. The standard InChI is InChI=1S/C9H8ClNO/c1-2-12-8-3-4-9(10)7(5-8)6-11/h3-5H,2H2,1H3. The van der Waals surface area contributed by atoms with E-state index in [9.17, 15) is 0 Å². The molecule has 0 fully saturated rings. The zero-order valence-corrected chi connectivity index (χ0v) is 7.43. The van der Waals surface area contributed by atoms with Crippen LogP contribution < -0.4 is 4.74 Å². The summed E-state index contributed by atoms with van der Waals surface area (Å²) in [4.78, 5) is 0. The first-order chi connectivity index (χ1) is 5.77. The molecule has 0 aliphatic rings. The van der Waals surface area contributed by atoms with Crippen molar-refractivity contribution in [3.63, 3.8) is 0 Å². The van der Waals surface area contributed by atoms with Gasteiger partial charge in [-0.25, -0.2) is 0 Å². The second-order valence-corrected chi connectivity index (χ2v) is 2.59. The van der Waals surface area contributed by atoms with Crippen LogP contribution in [0.2, 0.25) is 5.02 Å². The van der Waals surface area contributed by atoms with Crippen LogP contribution >= 0.6 is 11.6 Å². The second kappa shape index (κ2) is 3.99. The lowest BCUT2D eigenvalue weighted by atomic mass is 10.2. The van der Waals surface area contributed by atoms with Gasteiger partial charge in [0.25, 0.3) is 0 Å². The SMILES string of the molecule is CCOc1ccc(Cl)c(C#N)c1. The molecule has 0 aliphatic heterocycles. The summed E-state index contributed by atoms with van der Waals surface area (Å²) < 4.78 is 5.19. The summed E-state index contributed by atoms with van der Waals surface area (Å²) in [6.45, 7) is 2.48. The molecule has 2 nitrogen and oxygen atoms in total. The lowest BCUT2D eigenvalue weighted by molar-refractivity contribution is 0.340. The highest BCUT2D eigenvalue weighted by atomic mass is 35.5. The first-order valence-electron chi connectivity index (χ1n) is 3.60. The molecule has 12 heavy (non-hydrogen) atoms. The number of benzene rings is 1. The first-order valence-corrected chi connectivity index (χ1v) is 3.98. The molecule has 1 aromatic carbocycles. The largest absolute Gasteiger partial charge is 0.494 e. The van der Waals surface area contributed by atoms with Crippen molar-refractivity contribution < 1.29 is 4.74 Å². The van der Waals surface area contributed by atoms with E-state index in [0.717, 1.165) is 0 Å². The maximum atomic E-state index is 8.62. The van der Waals surface area contributed by atoms with Crippen molar-refractivity contribution >= 4 is 11.6 Å². The molecule has 0 aromatic heterocycles. The van der Waals surface area contributed by atoms with Crippen molar-refractivity contribution in [1.82, 2.24) is 0 Å². The van der Waals surface area contributed by atoms with Crippen molar-refractivity contribution in [3.8, 4) is 11.8 Å². The van der Waals surface area contributed by atoms with Crippen LogP contribution in [-0.4, -0.2) is 6.61 Å². The van der Waals surface area contributed by atoms with Crippen molar-refractivity contribution in [2.45, 2.75) is 6.92 Å². The van der Waals surface area contributed by atoms with E-state index in [-0.39, 0.29) is 0 Å². The molecule has 1 rings (SSSR count). The molecule has 0 aliphatic carbocycles. The van der Waals surface area contributed by atoms with Crippen molar-refractivity contribution in [2.24, 2.45) is 0 Å². The number of rotatable bonds is 2. The lowest BCUT2D eigenvalue weighted by Gasteiger charge is -2.02. The minimum Gasteiger partial charge on any atom is -0.494 e. The topological polar surface area (TPSA) is 33.0 Å². The summed E-state index contributed by atoms with van der Waals surface area (Å²) in [6, 6.07) is 7.01. The van der Waals surface area contributed by atoms with Gasteiger partial charge in [-0.05, 0) is 25.1 Å². The molecule has 3 heteroatoms. The van der Waals surface area contributed by atoms with Gasteiger partial charge < -0.3 is 4.74 Å². The highest BCUT2D eigenvalue weighted by molar-refractivity contribution is 6.31. The number of halogens is 1. The van der Waals surface area contributed by atoms with E-state index in [2.05, 4.69) is 0 Å². The van der Waals surface area contributed by atoms with Crippen LogP contribution in [0.1, 0.15) is 12.5 Å². The zero-order valence-electron chi connectivity index (χ0n) is 6.67. The van der Waals surface area contributed by atoms with E-state index < -0.39 is 0 Å². The average Bonchev–Trinajstić information content (AvgIpc) is 2.09. The summed E-state index contributed by atoms with van der Waals surface area (Å²) in [5.74, 6) is 0.679. The zero-order chi connectivity index (χ0) is 8.97. The third-order valence-electron chi connectivity index (χ3n) is 1.37. The number of nitrogens with zero attached hydrogens (tertiary/aromatic N) is 1. The van der Waals surface area contributed by atoms with Crippen LogP contribution in [0.3, 0.4) is 0 Å². The summed E-state index contributed by atoms with van der Waals surface area (Å²) in [6.07, 6.45) is 0. The van der Waals surface area contributed by atoms with Gasteiger partial charge in [-0.15, -0.1) is 0 Å². The molecular formula is C9H8ClNO. The first kappa shape index (κ1) is 8.89. The Morgan fingerprint density at radius 3 is 2.92 bits per heavy atom. The fourth-order valence-corrected chi connectivity index (χ4v) is 1.01. The van der Waals surface area contributed by atoms with Gasteiger partial charge in [0.1, 0.15) is 11.8 Å². The minimum atomic E-state index is 0.447. The normalized spacial score (nSPS) is 9.08. The second-order valence-electron chi connectivity index (χ2n) is 2.19. The predicted molar refractivity (Wildman–Crippen MR) is 47.3 cm³/mol. The van der Waals surface area contributed by atoms with Crippen LogP contribution in [0.15, 0.2) is 18.2 Å². The lowest BCUT2D eigenvalue weighted by Crippen LogP contribution is -1.91. The van der Waals surface area contributed by atoms with Gasteiger partial charge in [0.05, 0.1) is 17.2 Å². The number of hydrogen-bond donors (Lipinski definition) is 0. The predicted octanol–water partition coefficient (Wildman–Crippen LogP) is 2.61. The average molecular weight is 182 g/mol. The van der Waals surface area contributed by atoms with E-state index in [1.807, 2.05) is 13.0 Å². The molecule has 0 N–H and O–H groups in total. The summed E-state index contributed by atoms with van der Waals surface area (Å²) in [5, 5.41) is 9.08. The Hall–Kier alpha value is -1.20. The van der Waals surface area contributed by atoms with E-state index in [4.69, 9.17) is 21.6 Å². The summed E-state index contributed by atoms with van der Waals surface area (Å²) in [5.41, 5.74) is 0.447. The van der Waals surface area contributed by atoms with Gasteiger partial charge >= 0.3 is 0 Å². The fourth-order valence-electron chi connectivity index (χ4n) is 0.847. The Bertz CT molecular complexity index is 317. The Labute approximate surface area is 76.3 Å². The molecule has 0 radical (unpaired) electrons. The maximum absolute atomic E-state index is 8.62. The summed E-state index contributed by atoms with van der Waals surface area (Å²) in [7, 11) is 0. The molecule has 0 saturated heterocycles. The van der Waals surface area contributed by atoms with Crippen LogP contribution in [0, 0.1) is 11.3 Å². The quantitative estimate of drug-likeness (QED) is 0.703. The molecule has 0 amide bonds. The van der Waals surface area contributed by atoms with Gasteiger partial charge in [-0.1, -0.05) is 11.6 Å². The molecule has 62 valence electrons. The number of ether oxygens (including phenoxy) is 1. The van der Waals surface area contributed by atoms with Gasteiger partial charge in [-0.2, -0.15) is 5.26 Å². The van der Waals surface area contributed by atoms with Gasteiger partial charge in [0.15, 0.2) is 0 Å². The fraction of sp³-hybridized carbons (Fsp3) is 0.222. The van der Waals surface area contributed by atoms with Crippen LogP contribution in [0.5, 0.6) is 5.75 Å². The van der Waals surface area contributed by atoms with Crippen LogP contribution in [0.25, 0.3) is 0 Å². The van der Waals surface area contributed by atoms with E-state index in [1.54, 1.807) is 18.2 Å². The molecule has 0 heterocycles. The van der Waals surface area contributed by atoms with Crippen molar-refractivity contribution in [1.29, 1.82) is 5.26 Å².